The first-order valence-electron chi connectivity index (χ1n) is 9.59. The van der Waals surface area contributed by atoms with Gasteiger partial charge in [-0.15, -0.1) is 5.10 Å². The fourth-order valence-electron chi connectivity index (χ4n) is 4.00. The third-order valence-corrected chi connectivity index (χ3v) is 5.33. The van der Waals surface area contributed by atoms with Crippen molar-refractivity contribution in [1.29, 1.82) is 0 Å². The number of amides is 1. The van der Waals surface area contributed by atoms with Gasteiger partial charge in [0.15, 0.2) is 5.82 Å². The van der Waals surface area contributed by atoms with Crippen LogP contribution in [0.1, 0.15) is 47.7 Å². The minimum atomic E-state index is -0.00360. The summed E-state index contributed by atoms with van der Waals surface area (Å²) in [4.78, 5) is 24.2. The number of hydrogen-bond donors (Lipinski definition) is 1. The SMILES string of the molecule is Cc1cnc(C(=O)N2CCC[C@@H](Cn3cc(CN4CCCC4)nn3)C2)[nH]1. The Morgan fingerprint density at radius 3 is 2.88 bits per heavy atom. The molecule has 0 bridgehead atoms. The monoisotopic (exact) mass is 357 g/mol. The minimum Gasteiger partial charge on any atom is -0.338 e. The molecule has 0 aromatic carbocycles. The average Bonchev–Trinajstić information content (AvgIpc) is 3.38. The number of aromatic nitrogens is 5. The number of aryl methyl sites for hydroxylation is 1. The number of hydrogen-bond acceptors (Lipinski definition) is 5. The van der Waals surface area contributed by atoms with Crippen LogP contribution in [0.25, 0.3) is 0 Å². The van der Waals surface area contributed by atoms with E-state index < -0.39 is 0 Å². The zero-order valence-electron chi connectivity index (χ0n) is 15.4. The van der Waals surface area contributed by atoms with E-state index in [0.717, 1.165) is 50.4 Å². The minimum absolute atomic E-state index is 0.00360. The zero-order valence-corrected chi connectivity index (χ0v) is 15.4. The fraction of sp³-hybridized carbons (Fsp3) is 0.667. The summed E-state index contributed by atoms with van der Waals surface area (Å²) in [7, 11) is 0. The van der Waals surface area contributed by atoms with E-state index in [1.54, 1.807) is 6.20 Å². The van der Waals surface area contributed by atoms with Crippen LogP contribution >= 0.6 is 0 Å². The summed E-state index contributed by atoms with van der Waals surface area (Å²) < 4.78 is 1.95. The topological polar surface area (TPSA) is 82.9 Å². The molecule has 8 heteroatoms. The Balaban J connectivity index is 1.33. The van der Waals surface area contributed by atoms with Crippen molar-refractivity contribution < 1.29 is 4.79 Å². The van der Waals surface area contributed by atoms with Gasteiger partial charge < -0.3 is 9.88 Å². The van der Waals surface area contributed by atoms with Crippen molar-refractivity contribution in [2.24, 2.45) is 5.92 Å². The van der Waals surface area contributed by atoms with Gasteiger partial charge in [-0.3, -0.25) is 14.4 Å². The Hall–Kier alpha value is -2.22. The summed E-state index contributed by atoms with van der Waals surface area (Å²) in [6.07, 6.45) is 8.47. The molecule has 2 aromatic rings. The molecule has 26 heavy (non-hydrogen) atoms. The van der Waals surface area contributed by atoms with E-state index >= 15 is 0 Å². The Bertz CT molecular complexity index is 746. The molecule has 0 spiro atoms. The smallest absolute Gasteiger partial charge is 0.289 e. The van der Waals surface area contributed by atoms with E-state index in [1.165, 1.54) is 25.9 Å². The van der Waals surface area contributed by atoms with Crippen LogP contribution in [0.3, 0.4) is 0 Å². The number of piperidine rings is 1. The Labute approximate surface area is 153 Å². The average molecular weight is 357 g/mol. The molecule has 8 nitrogen and oxygen atoms in total. The molecule has 2 aliphatic heterocycles. The second-order valence-corrected chi connectivity index (χ2v) is 7.59. The highest BCUT2D eigenvalue weighted by Crippen LogP contribution is 2.20. The van der Waals surface area contributed by atoms with Gasteiger partial charge in [0.2, 0.25) is 0 Å². The van der Waals surface area contributed by atoms with Gasteiger partial charge in [-0.1, -0.05) is 5.21 Å². The van der Waals surface area contributed by atoms with Crippen molar-refractivity contribution in [2.75, 3.05) is 26.2 Å². The molecule has 140 valence electrons. The normalized spacial score (nSPS) is 21.4. The zero-order chi connectivity index (χ0) is 17.9. The predicted molar refractivity (Wildman–Crippen MR) is 96.5 cm³/mol. The van der Waals surface area contributed by atoms with Crippen molar-refractivity contribution in [3.63, 3.8) is 0 Å². The van der Waals surface area contributed by atoms with Crippen LogP contribution in [0.4, 0.5) is 0 Å². The third-order valence-electron chi connectivity index (χ3n) is 5.33. The van der Waals surface area contributed by atoms with E-state index in [-0.39, 0.29) is 5.91 Å². The van der Waals surface area contributed by atoms with Crippen LogP contribution in [0.5, 0.6) is 0 Å². The largest absolute Gasteiger partial charge is 0.338 e. The molecular weight excluding hydrogens is 330 g/mol. The van der Waals surface area contributed by atoms with Crippen LogP contribution in [-0.2, 0) is 13.1 Å². The summed E-state index contributed by atoms with van der Waals surface area (Å²) in [6, 6.07) is 0. The molecule has 0 radical (unpaired) electrons. The molecule has 0 unspecified atom stereocenters. The number of carbonyl (C=O) groups is 1. The lowest BCUT2D eigenvalue weighted by molar-refractivity contribution is 0.0648. The standard InChI is InChI=1S/C18H27N7O/c1-14-9-19-17(20-14)18(26)24-8-4-5-15(10-24)11-25-13-16(21-22-25)12-23-6-2-3-7-23/h9,13,15H,2-8,10-12H2,1H3,(H,19,20)/t15-/m1/s1. The van der Waals surface area contributed by atoms with Crippen molar-refractivity contribution in [1.82, 2.24) is 34.8 Å². The number of carbonyl (C=O) groups excluding carboxylic acids is 1. The Kier molecular flexibility index (Phi) is 5.01. The fourth-order valence-corrected chi connectivity index (χ4v) is 4.00. The van der Waals surface area contributed by atoms with E-state index in [9.17, 15) is 4.79 Å². The first-order chi connectivity index (χ1) is 12.7. The van der Waals surface area contributed by atoms with Crippen LogP contribution in [0.2, 0.25) is 0 Å². The lowest BCUT2D eigenvalue weighted by Crippen LogP contribution is -2.41. The predicted octanol–water partition coefficient (Wildman–Crippen LogP) is 1.46. The Morgan fingerprint density at radius 1 is 1.27 bits per heavy atom. The number of rotatable bonds is 5. The summed E-state index contributed by atoms with van der Waals surface area (Å²) in [5.74, 6) is 0.845. The van der Waals surface area contributed by atoms with Crippen LogP contribution < -0.4 is 0 Å². The first kappa shape index (κ1) is 17.2. The maximum Gasteiger partial charge on any atom is 0.289 e. The van der Waals surface area contributed by atoms with E-state index in [4.69, 9.17) is 0 Å². The molecule has 2 fully saturated rings. The maximum absolute atomic E-state index is 12.6. The van der Waals surface area contributed by atoms with Gasteiger partial charge in [-0.25, -0.2) is 4.98 Å². The second kappa shape index (κ2) is 7.57. The molecule has 2 aromatic heterocycles. The highest BCUT2D eigenvalue weighted by atomic mass is 16.2. The van der Waals surface area contributed by atoms with Crippen molar-refractivity contribution in [3.05, 3.63) is 29.6 Å². The quantitative estimate of drug-likeness (QED) is 0.876. The number of H-pyrrole nitrogens is 1. The third kappa shape index (κ3) is 3.95. The van der Waals surface area contributed by atoms with Gasteiger partial charge in [0.05, 0.1) is 5.69 Å². The number of likely N-dealkylation sites (tertiary alicyclic amines) is 2. The lowest BCUT2D eigenvalue weighted by Gasteiger charge is -2.32. The van der Waals surface area contributed by atoms with Crippen LogP contribution in [0.15, 0.2) is 12.4 Å². The molecule has 1 atom stereocenters. The summed E-state index contributed by atoms with van der Waals surface area (Å²) >= 11 is 0. The molecule has 4 heterocycles. The lowest BCUT2D eigenvalue weighted by atomic mass is 9.98. The first-order valence-corrected chi connectivity index (χ1v) is 9.59. The highest BCUT2D eigenvalue weighted by Gasteiger charge is 2.26. The molecule has 0 saturated carbocycles. The number of aromatic amines is 1. The summed E-state index contributed by atoms with van der Waals surface area (Å²) in [5.41, 5.74) is 1.96. The molecule has 2 saturated heterocycles. The number of nitrogens with zero attached hydrogens (tertiary/aromatic N) is 6. The van der Waals surface area contributed by atoms with E-state index in [0.29, 0.717) is 11.7 Å². The van der Waals surface area contributed by atoms with Crippen LogP contribution in [0, 0.1) is 12.8 Å². The summed E-state index contributed by atoms with van der Waals surface area (Å²) in [5, 5.41) is 8.63. The maximum atomic E-state index is 12.6. The number of nitrogens with one attached hydrogen (secondary N) is 1. The molecule has 1 amide bonds. The van der Waals surface area contributed by atoms with Gasteiger partial charge in [0.25, 0.3) is 5.91 Å². The van der Waals surface area contributed by atoms with Gasteiger partial charge >= 0.3 is 0 Å². The molecule has 2 aliphatic rings. The highest BCUT2D eigenvalue weighted by molar-refractivity contribution is 5.90. The van der Waals surface area contributed by atoms with Crippen molar-refractivity contribution >= 4 is 5.91 Å². The van der Waals surface area contributed by atoms with E-state index in [1.807, 2.05) is 16.5 Å². The summed E-state index contributed by atoms with van der Waals surface area (Å²) in [6.45, 7) is 7.50. The molecule has 0 aliphatic carbocycles. The van der Waals surface area contributed by atoms with Crippen molar-refractivity contribution in [2.45, 2.75) is 45.7 Å². The van der Waals surface area contributed by atoms with Crippen molar-refractivity contribution in [3.8, 4) is 0 Å². The molecular formula is C18H27N7O. The van der Waals surface area contributed by atoms with Gasteiger partial charge in [0.1, 0.15) is 0 Å². The second-order valence-electron chi connectivity index (χ2n) is 7.59. The van der Waals surface area contributed by atoms with Gasteiger partial charge in [-0.2, -0.15) is 0 Å². The van der Waals surface area contributed by atoms with Crippen LogP contribution in [-0.4, -0.2) is 66.8 Å². The van der Waals surface area contributed by atoms with Gasteiger partial charge in [0, 0.05) is 44.3 Å². The Morgan fingerprint density at radius 2 is 2.12 bits per heavy atom. The van der Waals surface area contributed by atoms with Gasteiger partial charge in [-0.05, 0) is 51.6 Å². The van der Waals surface area contributed by atoms with E-state index in [2.05, 4.69) is 31.4 Å². The number of imidazole rings is 1. The molecule has 4 rings (SSSR count). The molecule has 1 N–H and O–H groups in total.